The Bertz CT molecular complexity index is 998. The van der Waals surface area contributed by atoms with Gasteiger partial charge in [0, 0.05) is 16.5 Å². The lowest BCUT2D eigenvalue weighted by Gasteiger charge is -2.16. The number of carbonyl (C=O) groups is 1. The Morgan fingerprint density at radius 2 is 1.65 bits per heavy atom. The minimum Gasteiger partial charge on any atom is -0.366 e. The molecule has 0 aliphatic carbocycles. The summed E-state index contributed by atoms with van der Waals surface area (Å²) in [5.74, 6) is -0.656. The molecule has 0 spiro atoms. The molecule has 2 N–H and O–H groups in total. The number of hydrogen-bond acceptors (Lipinski definition) is 3. The van der Waals surface area contributed by atoms with E-state index in [1.807, 2.05) is 12.1 Å². The minimum absolute atomic E-state index is 0.0900. The van der Waals surface area contributed by atoms with Gasteiger partial charge < -0.3 is 5.73 Å². The van der Waals surface area contributed by atoms with E-state index < -0.39 is 5.91 Å². The van der Waals surface area contributed by atoms with E-state index in [4.69, 9.17) is 11.0 Å². The average Bonchev–Trinajstić information content (AvgIpc) is 2.56. The quantitative estimate of drug-likeness (QED) is 0.804. The second-order valence-corrected chi connectivity index (χ2v) is 5.04. The number of carbonyl (C=O) groups excluding carboxylic acids is 1. The Kier molecular flexibility index (Phi) is 3.65. The first-order valence-corrected chi connectivity index (χ1v) is 7.04. The van der Waals surface area contributed by atoms with Gasteiger partial charge in [-0.15, -0.1) is 0 Å². The molecule has 3 aromatic rings. The molecular formula is C18H13N3O2. The summed E-state index contributed by atoms with van der Waals surface area (Å²) in [6, 6.07) is 17.7. The highest BCUT2D eigenvalue weighted by Crippen LogP contribution is 2.22. The number of nitrogens with zero attached hydrogens (tertiary/aromatic N) is 2. The van der Waals surface area contributed by atoms with Gasteiger partial charge >= 0.3 is 0 Å². The average molecular weight is 303 g/mol. The maximum absolute atomic E-state index is 12.9. The molecule has 1 amide bonds. The van der Waals surface area contributed by atoms with Crippen molar-refractivity contribution in [3.05, 3.63) is 76.2 Å². The molecule has 0 aliphatic rings. The van der Waals surface area contributed by atoms with Gasteiger partial charge in [0.25, 0.3) is 11.5 Å². The smallest absolute Gasteiger partial charge is 0.263 e. The van der Waals surface area contributed by atoms with Crippen molar-refractivity contribution >= 4 is 16.7 Å². The molecule has 112 valence electrons. The topological polar surface area (TPSA) is 88.9 Å². The fourth-order valence-electron chi connectivity index (χ4n) is 2.77. The zero-order valence-electron chi connectivity index (χ0n) is 12.2. The lowest BCUT2D eigenvalue weighted by atomic mass is 10.0. The van der Waals surface area contributed by atoms with Crippen LogP contribution in [0.4, 0.5) is 0 Å². The number of pyridine rings is 1. The number of primary amides is 1. The van der Waals surface area contributed by atoms with Gasteiger partial charge in [0.05, 0.1) is 23.7 Å². The molecule has 1 aromatic heterocycles. The van der Waals surface area contributed by atoms with Crippen LogP contribution in [-0.4, -0.2) is 10.5 Å². The SMILES string of the molecule is N#CCc1c(C(N)=O)c2ccccc2c(=O)n1-c1ccccc1. The molecule has 0 aliphatic heterocycles. The molecule has 5 nitrogen and oxygen atoms in total. The molecule has 5 heteroatoms. The highest BCUT2D eigenvalue weighted by Gasteiger charge is 2.20. The summed E-state index contributed by atoms with van der Waals surface area (Å²) in [6.07, 6.45) is -0.0900. The molecule has 0 atom stereocenters. The number of benzene rings is 2. The first-order chi connectivity index (χ1) is 11.1. The molecular weight excluding hydrogens is 290 g/mol. The summed E-state index contributed by atoms with van der Waals surface area (Å²) < 4.78 is 1.39. The number of aromatic nitrogens is 1. The van der Waals surface area contributed by atoms with Crippen LogP contribution in [0.1, 0.15) is 16.1 Å². The first-order valence-electron chi connectivity index (χ1n) is 7.04. The van der Waals surface area contributed by atoms with E-state index in [1.165, 1.54) is 4.57 Å². The summed E-state index contributed by atoms with van der Waals surface area (Å²) in [6.45, 7) is 0. The fourth-order valence-corrected chi connectivity index (χ4v) is 2.77. The van der Waals surface area contributed by atoms with Crippen LogP contribution in [0.15, 0.2) is 59.4 Å². The zero-order chi connectivity index (χ0) is 16.4. The Balaban J connectivity index is 2.55. The largest absolute Gasteiger partial charge is 0.366 e. The summed E-state index contributed by atoms with van der Waals surface area (Å²) in [4.78, 5) is 24.9. The van der Waals surface area contributed by atoms with Crippen molar-refractivity contribution in [3.8, 4) is 11.8 Å². The summed E-state index contributed by atoms with van der Waals surface area (Å²) in [7, 11) is 0. The summed E-state index contributed by atoms with van der Waals surface area (Å²) in [5.41, 5.74) is 6.39. The lowest BCUT2D eigenvalue weighted by molar-refractivity contribution is 0.100. The predicted molar refractivity (Wildman–Crippen MR) is 87.4 cm³/mol. The molecule has 1 heterocycles. The van der Waals surface area contributed by atoms with Crippen LogP contribution < -0.4 is 11.3 Å². The molecule has 0 fully saturated rings. The highest BCUT2D eigenvalue weighted by molar-refractivity contribution is 6.07. The number of nitrogens with two attached hydrogens (primary N) is 1. The number of nitriles is 1. The van der Waals surface area contributed by atoms with E-state index in [0.29, 0.717) is 22.2 Å². The van der Waals surface area contributed by atoms with Crippen molar-refractivity contribution in [2.45, 2.75) is 6.42 Å². The zero-order valence-corrected chi connectivity index (χ0v) is 12.2. The highest BCUT2D eigenvalue weighted by atomic mass is 16.1. The molecule has 0 bridgehead atoms. The normalized spacial score (nSPS) is 10.4. The molecule has 0 saturated carbocycles. The van der Waals surface area contributed by atoms with Crippen molar-refractivity contribution < 1.29 is 4.79 Å². The fraction of sp³-hybridized carbons (Fsp3) is 0.0556. The molecule has 0 saturated heterocycles. The van der Waals surface area contributed by atoms with Crippen molar-refractivity contribution in [1.29, 1.82) is 5.26 Å². The number of rotatable bonds is 3. The van der Waals surface area contributed by atoms with E-state index in [0.717, 1.165) is 0 Å². The van der Waals surface area contributed by atoms with Gasteiger partial charge in [0.2, 0.25) is 0 Å². The minimum atomic E-state index is -0.656. The van der Waals surface area contributed by atoms with E-state index in [9.17, 15) is 9.59 Å². The van der Waals surface area contributed by atoms with E-state index in [1.54, 1.807) is 48.5 Å². The maximum Gasteiger partial charge on any atom is 0.263 e. The van der Waals surface area contributed by atoms with Gasteiger partial charge in [0.15, 0.2) is 0 Å². The monoisotopic (exact) mass is 303 g/mol. The van der Waals surface area contributed by atoms with Crippen molar-refractivity contribution in [3.63, 3.8) is 0 Å². The van der Waals surface area contributed by atoms with Gasteiger partial charge in [0.1, 0.15) is 0 Å². The maximum atomic E-state index is 12.9. The summed E-state index contributed by atoms with van der Waals surface area (Å²) >= 11 is 0. The van der Waals surface area contributed by atoms with Crippen LogP contribution in [0, 0.1) is 11.3 Å². The van der Waals surface area contributed by atoms with Crippen LogP contribution in [0.3, 0.4) is 0 Å². The first kappa shape index (κ1) is 14.5. The molecule has 2 aromatic carbocycles. The predicted octanol–water partition coefficient (Wildman–Crippen LogP) is 2.16. The van der Waals surface area contributed by atoms with Gasteiger partial charge in [-0.1, -0.05) is 36.4 Å². The van der Waals surface area contributed by atoms with Crippen molar-refractivity contribution in [1.82, 2.24) is 4.57 Å². The van der Waals surface area contributed by atoms with Crippen LogP contribution in [0.25, 0.3) is 16.5 Å². The van der Waals surface area contributed by atoms with Crippen LogP contribution >= 0.6 is 0 Å². The number of para-hydroxylation sites is 1. The van der Waals surface area contributed by atoms with Crippen LogP contribution in [0.2, 0.25) is 0 Å². The van der Waals surface area contributed by atoms with Crippen LogP contribution in [0.5, 0.6) is 0 Å². The third-order valence-corrected chi connectivity index (χ3v) is 3.70. The molecule has 0 radical (unpaired) electrons. The number of fused-ring (bicyclic) bond motifs is 1. The lowest BCUT2D eigenvalue weighted by Crippen LogP contribution is -2.27. The second-order valence-electron chi connectivity index (χ2n) is 5.04. The van der Waals surface area contributed by atoms with Crippen LogP contribution in [-0.2, 0) is 6.42 Å². The standard InChI is InChI=1S/C18H13N3O2/c19-11-10-15-16(17(20)22)13-8-4-5-9-14(13)18(23)21(15)12-6-2-1-3-7-12/h1-9H,10H2,(H2,20,22). The summed E-state index contributed by atoms with van der Waals surface area (Å²) in [5, 5.41) is 10.0. The van der Waals surface area contributed by atoms with Gasteiger partial charge in [-0.3, -0.25) is 14.2 Å². The molecule has 3 rings (SSSR count). The molecule has 0 unspecified atom stereocenters. The van der Waals surface area contributed by atoms with Gasteiger partial charge in [-0.25, -0.2) is 0 Å². The van der Waals surface area contributed by atoms with E-state index in [-0.39, 0.29) is 17.5 Å². The Morgan fingerprint density at radius 1 is 1.04 bits per heavy atom. The number of amides is 1. The third kappa shape index (κ3) is 2.36. The second kappa shape index (κ2) is 5.78. The molecule has 23 heavy (non-hydrogen) atoms. The van der Waals surface area contributed by atoms with Gasteiger partial charge in [-0.2, -0.15) is 5.26 Å². The third-order valence-electron chi connectivity index (χ3n) is 3.70. The number of hydrogen-bond donors (Lipinski definition) is 1. The van der Waals surface area contributed by atoms with E-state index >= 15 is 0 Å². The van der Waals surface area contributed by atoms with E-state index in [2.05, 4.69) is 0 Å². The van der Waals surface area contributed by atoms with Crippen molar-refractivity contribution in [2.24, 2.45) is 5.73 Å². The Labute approximate surface area is 132 Å². The Morgan fingerprint density at radius 3 is 2.26 bits per heavy atom. The van der Waals surface area contributed by atoms with Crippen molar-refractivity contribution in [2.75, 3.05) is 0 Å². The van der Waals surface area contributed by atoms with Gasteiger partial charge in [-0.05, 0) is 18.2 Å². The Hall–Kier alpha value is -3.39.